The fourth-order valence-electron chi connectivity index (χ4n) is 2.85. The van der Waals surface area contributed by atoms with Crippen LogP contribution in [-0.2, 0) is 11.3 Å². The highest BCUT2D eigenvalue weighted by molar-refractivity contribution is 5.73. The lowest BCUT2D eigenvalue weighted by atomic mass is 9.90. The lowest BCUT2D eigenvalue weighted by Gasteiger charge is -2.37. The van der Waals surface area contributed by atoms with Crippen molar-refractivity contribution in [2.24, 2.45) is 5.92 Å². The number of carboxylic acids is 1. The fourth-order valence-corrected chi connectivity index (χ4v) is 2.85. The molecule has 0 radical (unpaired) electrons. The summed E-state index contributed by atoms with van der Waals surface area (Å²) in [4.78, 5) is 12.9. The SMILES string of the molecule is CCOc1ccc(CN2CCC(C(F)(F)F)CC2C(=O)O)cc1. The summed E-state index contributed by atoms with van der Waals surface area (Å²) in [6, 6.07) is 6.05. The minimum Gasteiger partial charge on any atom is -0.494 e. The Labute approximate surface area is 132 Å². The number of benzene rings is 1. The summed E-state index contributed by atoms with van der Waals surface area (Å²) in [6.07, 6.45) is -4.79. The van der Waals surface area contributed by atoms with Crippen molar-refractivity contribution in [2.45, 2.75) is 38.5 Å². The molecule has 1 aliphatic rings. The summed E-state index contributed by atoms with van der Waals surface area (Å²) in [5, 5.41) is 9.26. The van der Waals surface area contributed by atoms with Crippen molar-refractivity contribution in [3.63, 3.8) is 0 Å². The van der Waals surface area contributed by atoms with Crippen molar-refractivity contribution in [1.29, 1.82) is 0 Å². The molecule has 2 atom stereocenters. The first-order valence-electron chi connectivity index (χ1n) is 7.56. The Morgan fingerprint density at radius 2 is 2.00 bits per heavy atom. The van der Waals surface area contributed by atoms with Gasteiger partial charge in [0.2, 0.25) is 0 Å². The zero-order chi connectivity index (χ0) is 17.0. The number of carbonyl (C=O) groups is 1. The molecule has 1 aliphatic heterocycles. The maximum absolute atomic E-state index is 12.8. The zero-order valence-corrected chi connectivity index (χ0v) is 12.8. The standard InChI is InChI=1S/C16H20F3NO3/c1-2-23-13-5-3-11(4-6-13)10-20-8-7-12(16(17,18)19)9-14(20)15(21)22/h3-6,12,14H,2,7-10H2,1H3,(H,21,22). The topological polar surface area (TPSA) is 49.8 Å². The van der Waals surface area contributed by atoms with Gasteiger partial charge in [-0.15, -0.1) is 0 Å². The van der Waals surface area contributed by atoms with E-state index >= 15 is 0 Å². The highest BCUT2D eigenvalue weighted by Gasteiger charge is 2.46. The quantitative estimate of drug-likeness (QED) is 0.899. The van der Waals surface area contributed by atoms with Crippen LogP contribution in [0.1, 0.15) is 25.3 Å². The summed E-state index contributed by atoms with van der Waals surface area (Å²) in [5.41, 5.74) is 0.852. The molecule has 4 nitrogen and oxygen atoms in total. The van der Waals surface area contributed by atoms with E-state index in [4.69, 9.17) is 4.74 Å². The highest BCUT2D eigenvalue weighted by Crippen LogP contribution is 2.37. The van der Waals surface area contributed by atoms with E-state index in [0.29, 0.717) is 18.9 Å². The summed E-state index contributed by atoms with van der Waals surface area (Å²) in [6.45, 7) is 2.85. The van der Waals surface area contributed by atoms with Crippen molar-refractivity contribution in [3.8, 4) is 5.75 Å². The summed E-state index contributed by atoms with van der Waals surface area (Å²) in [5.74, 6) is -2.04. The second-order valence-corrected chi connectivity index (χ2v) is 5.66. The largest absolute Gasteiger partial charge is 0.494 e. The van der Waals surface area contributed by atoms with Gasteiger partial charge in [0.05, 0.1) is 12.5 Å². The van der Waals surface area contributed by atoms with Crippen LogP contribution in [0.3, 0.4) is 0 Å². The van der Waals surface area contributed by atoms with Gasteiger partial charge in [0.1, 0.15) is 11.8 Å². The van der Waals surface area contributed by atoms with Crippen LogP contribution in [0.15, 0.2) is 24.3 Å². The number of piperidine rings is 1. The molecule has 0 spiro atoms. The van der Waals surface area contributed by atoms with Crippen LogP contribution in [0, 0.1) is 5.92 Å². The Bertz CT molecular complexity index is 530. The number of ether oxygens (including phenoxy) is 1. The van der Waals surface area contributed by atoms with Gasteiger partial charge < -0.3 is 9.84 Å². The van der Waals surface area contributed by atoms with Crippen molar-refractivity contribution < 1.29 is 27.8 Å². The number of hydrogen-bond acceptors (Lipinski definition) is 3. The molecule has 128 valence electrons. The predicted molar refractivity (Wildman–Crippen MR) is 78.2 cm³/mol. The number of aliphatic carboxylic acids is 1. The van der Waals surface area contributed by atoms with Gasteiger partial charge in [-0.2, -0.15) is 13.2 Å². The number of nitrogens with zero attached hydrogens (tertiary/aromatic N) is 1. The molecule has 1 fully saturated rings. The summed E-state index contributed by atoms with van der Waals surface area (Å²) >= 11 is 0. The highest BCUT2D eigenvalue weighted by atomic mass is 19.4. The maximum atomic E-state index is 12.8. The zero-order valence-electron chi connectivity index (χ0n) is 12.8. The molecule has 0 bridgehead atoms. The van der Waals surface area contributed by atoms with Gasteiger partial charge in [0.25, 0.3) is 0 Å². The third-order valence-electron chi connectivity index (χ3n) is 4.08. The van der Waals surface area contributed by atoms with Crippen LogP contribution >= 0.6 is 0 Å². The molecule has 2 rings (SSSR count). The minimum absolute atomic E-state index is 0.0652. The van der Waals surface area contributed by atoms with E-state index in [2.05, 4.69) is 0 Å². The van der Waals surface area contributed by atoms with Gasteiger partial charge in [0, 0.05) is 6.54 Å². The molecule has 23 heavy (non-hydrogen) atoms. The number of hydrogen-bond donors (Lipinski definition) is 1. The monoisotopic (exact) mass is 331 g/mol. The van der Waals surface area contributed by atoms with E-state index in [1.54, 1.807) is 29.2 Å². The Hall–Kier alpha value is -1.76. The third-order valence-corrected chi connectivity index (χ3v) is 4.08. The molecular weight excluding hydrogens is 311 g/mol. The van der Waals surface area contributed by atoms with Crippen LogP contribution in [0.4, 0.5) is 13.2 Å². The second kappa shape index (κ2) is 7.21. The molecule has 1 aromatic carbocycles. The first-order chi connectivity index (χ1) is 10.8. The molecule has 0 aromatic heterocycles. The second-order valence-electron chi connectivity index (χ2n) is 5.66. The van der Waals surface area contributed by atoms with Gasteiger partial charge in [-0.1, -0.05) is 12.1 Å². The lowest BCUT2D eigenvalue weighted by Crippen LogP contribution is -2.49. The molecule has 1 saturated heterocycles. The smallest absolute Gasteiger partial charge is 0.391 e. The van der Waals surface area contributed by atoms with Crippen molar-refractivity contribution in [2.75, 3.05) is 13.2 Å². The van der Waals surface area contributed by atoms with Gasteiger partial charge in [-0.3, -0.25) is 9.69 Å². The number of likely N-dealkylation sites (tertiary alicyclic amines) is 1. The van der Waals surface area contributed by atoms with Crippen LogP contribution in [0.5, 0.6) is 5.75 Å². The maximum Gasteiger partial charge on any atom is 0.391 e. The van der Waals surface area contributed by atoms with Crippen molar-refractivity contribution >= 4 is 5.97 Å². The van der Waals surface area contributed by atoms with Crippen molar-refractivity contribution in [1.82, 2.24) is 4.90 Å². The Balaban J connectivity index is 2.05. The van der Waals surface area contributed by atoms with E-state index in [0.717, 1.165) is 5.56 Å². The Kier molecular flexibility index (Phi) is 5.51. The van der Waals surface area contributed by atoms with Crippen LogP contribution in [-0.4, -0.2) is 41.3 Å². The molecule has 2 unspecified atom stereocenters. The van der Waals surface area contributed by atoms with Crippen LogP contribution in [0.25, 0.3) is 0 Å². The van der Waals surface area contributed by atoms with E-state index in [9.17, 15) is 23.1 Å². The van der Waals surface area contributed by atoms with Crippen molar-refractivity contribution in [3.05, 3.63) is 29.8 Å². The number of carboxylic acid groups (broad SMARTS) is 1. The molecule has 1 aromatic rings. The first kappa shape index (κ1) is 17.6. The molecule has 0 saturated carbocycles. The fraction of sp³-hybridized carbons (Fsp3) is 0.562. The number of rotatable bonds is 5. The van der Waals surface area contributed by atoms with E-state index in [1.165, 1.54) is 0 Å². The van der Waals surface area contributed by atoms with Gasteiger partial charge in [0.15, 0.2) is 0 Å². The molecule has 1 N–H and O–H groups in total. The minimum atomic E-state index is -4.33. The normalized spacial score (nSPS) is 22.8. The number of halogens is 3. The molecule has 1 heterocycles. The first-order valence-corrected chi connectivity index (χ1v) is 7.56. The van der Waals surface area contributed by atoms with Gasteiger partial charge in [-0.25, -0.2) is 0 Å². The predicted octanol–water partition coefficient (Wildman–Crippen LogP) is 3.31. The average Bonchev–Trinajstić information content (AvgIpc) is 2.48. The van der Waals surface area contributed by atoms with Crippen LogP contribution in [0.2, 0.25) is 0 Å². The van der Waals surface area contributed by atoms with E-state index in [-0.39, 0.29) is 13.0 Å². The Morgan fingerprint density at radius 3 is 2.52 bits per heavy atom. The Morgan fingerprint density at radius 1 is 1.35 bits per heavy atom. The van der Waals surface area contributed by atoms with Gasteiger partial charge in [-0.05, 0) is 44.0 Å². The third kappa shape index (κ3) is 4.60. The summed E-state index contributed by atoms with van der Waals surface area (Å²) in [7, 11) is 0. The van der Waals surface area contributed by atoms with E-state index in [1.807, 2.05) is 6.92 Å². The number of alkyl halides is 3. The van der Waals surface area contributed by atoms with Gasteiger partial charge >= 0.3 is 12.1 Å². The van der Waals surface area contributed by atoms with E-state index < -0.39 is 30.5 Å². The molecule has 0 amide bonds. The lowest BCUT2D eigenvalue weighted by molar-refractivity contribution is -0.193. The van der Waals surface area contributed by atoms with Crippen LogP contribution < -0.4 is 4.74 Å². The average molecular weight is 331 g/mol. The molecule has 0 aliphatic carbocycles. The molecular formula is C16H20F3NO3. The summed E-state index contributed by atoms with van der Waals surface area (Å²) < 4.78 is 43.8. The molecule has 7 heteroatoms.